The Morgan fingerprint density at radius 1 is 1.24 bits per heavy atom. The van der Waals surface area contributed by atoms with Crippen molar-refractivity contribution in [1.29, 1.82) is 0 Å². The van der Waals surface area contributed by atoms with Crippen LogP contribution in [0.5, 0.6) is 0 Å². The molecule has 0 saturated heterocycles. The van der Waals surface area contributed by atoms with E-state index >= 15 is 0 Å². The number of carbonyl (C=O) groups excluding carboxylic acids is 1. The summed E-state index contributed by atoms with van der Waals surface area (Å²) in [6.45, 7) is 5.08. The highest BCUT2D eigenvalue weighted by Gasteiger charge is 2.28. The smallest absolute Gasteiger partial charge is 0.322 e. The van der Waals surface area contributed by atoms with E-state index in [1.54, 1.807) is 26.0 Å². The summed E-state index contributed by atoms with van der Waals surface area (Å²) in [4.78, 5) is 21.9. The van der Waals surface area contributed by atoms with Gasteiger partial charge in [-0.25, -0.2) is 8.42 Å². The SMILES string of the molecule is Cc1cc(C)c(S(=O)(=O)N[C@H](CC(N)=O)C(=O)O)c(C)c1. The van der Waals surface area contributed by atoms with Crippen molar-refractivity contribution in [3.8, 4) is 0 Å². The Morgan fingerprint density at radius 3 is 2.10 bits per heavy atom. The molecule has 7 nitrogen and oxygen atoms in total. The van der Waals surface area contributed by atoms with E-state index in [4.69, 9.17) is 10.8 Å². The van der Waals surface area contributed by atoms with Crippen LogP contribution in [0.25, 0.3) is 0 Å². The third-order valence-electron chi connectivity index (χ3n) is 2.87. The fourth-order valence-corrected chi connectivity index (χ4v) is 3.86. The number of carboxylic acids is 1. The van der Waals surface area contributed by atoms with Gasteiger partial charge in [0.25, 0.3) is 0 Å². The first-order valence-electron chi connectivity index (χ1n) is 6.16. The van der Waals surface area contributed by atoms with Gasteiger partial charge in [-0.15, -0.1) is 0 Å². The van der Waals surface area contributed by atoms with Crippen molar-refractivity contribution in [2.75, 3.05) is 0 Å². The largest absolute Gasteiger partial charge is 0.480 e. The predicted molar refractivity (Wildman–Crippen MR) is 76.2 cm³/mol. The minimum atomic E-state index is -4.07. The molecule has 0 aliphatic heterocycles. The molecule has 0 aromatic heterocycles. The summed E-state index contributed by atoms with van der Waals surface area (Å²) in [5, 5.41) is 8.98. The van der Waals surface area contributed by atoms with E-state index < -0.39 is 34.4 Å². The normalized spacial score (nSPS) is 12.9. The molecule has 116 valence electrons. The summed E-state index contributed by atoms with van der Waals surface area (Å²) in [6.07, 6.45) is -0.613. The highest BCUT2D eigenvalue weighted by molar-refractivity contribution is 7.89. The Labute approximate surface area is 123 Å². The summed E-state index contributed by atoms with van der Waals surface area (Å²) in [5.74, 6) is -2.36. The van der Waals surface area contributed by atoms with Crippen LogP contribution in [0.3, 0.4) is 0 Å². The van der Waals surface area contributed by atoms with Crippen LogP contribution in [0.4, 0.5) is 0 Å². The Bertz CT molecular complexity index is 659. The second-order valence-electron chi connectivity index (χ2n) is 4.91. The van der Waals surface area contributed by atoms with Gasteiger partial charge < -0.3 is 10.8 Å². The van der Waals surface area contributed by atoms with Crippen molar-refractivity contribution >= 4 is 21.9 Å². The molecule has 0 saturated carbocycles. The van der Waals surface area contributed by atoms with Gasteiger partial charge in [0.1, 0.15) is 6.04 Å². The van der Waals surface area contributed by atoms with Crippen LogP contribution in [0.15, 0.2) is 17.0 Å². The summed E-state index contributed by atoms with van der Waals surface area (Å²) in [7, 11) is -4.07. The molecule has 1 rings (SSSR count). The summed E-state index contributed by atoms with van der Waals surface area (Å²) in [5.41, 5.74) is 6.84. The molecule has 0 aliphatic carbocycles. The molecule has 1 amide bonds. The molecule has 0 unspecified atom stereocenters. The van der Waals surface area contributed by atoms with Gasteiger partial charge in [0.05, 0.1) is 11.3 Å². The second-order valence-corrected chi connectivity index (χ2v) is 6.56. The summed E-state index contributed by atoms with van der Waals surface area (Å²) < 4.78 is 26.7. The van der Waals surface area contributed by atoms with Crippen molar-refractivity contribution in [3.05, 3.63) is 28.8 Å². The molecule has 0 aliphatic rings. The zero-order chi connectivity index (χ0) is 16.4. The third-order valence-corrected chi connectivity index (χ3v) is 4.65. The first kappa shape index (κ1) is 17.1. The Balaban J connectivity index is 3.23. The lowest BCUT2D eigenvalue weighted by Crippen LogP contribution is -2.43. The minimum Gasteiger partial charge on any atom is -0.480 e. The number of amides is 1. The maximum atomic E-state index is 12.4. The number of sulfonamides is 1. The fraction of sp³-hybridized carbons (Fsp3) is 0.385. The summed E-state index contributed by atoms with van der Waals surface area (Å²) >= 11 is 0. The summed E-state index contributed by atoms with van der Waals surface area (Å²) in [6, 6.07) is 1.78. The fourth-order valence-electron chi connectivity index (χ4n) is 2.22. The average molecular weight is 314 g/mol. The number of hydrogen-bond acceptors (Lipinski definition) is 4. The lowest BCUT2D eigenvalue weighted by Gasteiger charge is -2.16. The van der Waals surface area contributed by atoms with E-state index in [9.17, 15) is 18.0 Å². The van der Waals surface area contributed by atoms with Crippen LogP contribution in [-0.4, -0.2) is 31.4 Å². The average Bonchev–Trinajstić information content (AvgIpc) is 2.24. The molecule has 0 bridgehead atoms. The van der Waals surface area contributed by atoms with Crippen LogP contribution < -0.4 is 10.5 Å². The van der Waals surface area contributed by atoms with Crippen molar-refractivity contribution in [3.63, 3.8) is 0 Å². The van der Waals surface area contributed by atoms with Gasteiger partial charge in [0.2, 0.25) is 15.9 Å². The number of aryl methyl sites for hydroxylation is 3. The van der Waals surface area contributed by atoms with E-state index in [2.05, 4.69) is 0 Å². The minimum absolute atomic E-state index is 0.0174. The topological polar surface area (TPSA) is 127 Å². The molecule has 4 N–H and O–H groups in total. The lowest BCUT2D eigenvalue weighted by molar-refractivity contribution is -0.140. The maximum Gasteiger partial charge on any atom is 0.322 e. The Hall–Kier alpha value is -1.93. The first-order valence-corrected chi connectivity index (χ1v) is 7.64. The van der Waals surface area contributed by atoms with E-state index in [1.165, 1.54) is 0 Å². The van der Waals surface area contributed by atoms with Crippen LogP contribution in [0.2, 0.25) is 0 Å². The Kier molecular flexibility index (Phi) is 5.08. The van der Waals surface area contributed by atoms with Crippen LogP contribution in [-0.2, 0) is 19.6 Å². The first-order chi connectivity index (χ1) is 9.54. The molecule has 8 heteroatoms. The number of hydrogen-bond donors (Lipinski definition) is 3. The van der Waals surface area contributed by atoms with Crippen molar-refractivity contribution in [2.24, 2.45) is 5.73 Å². The van der Waals surface area contributed by atoms with Crippen LogP contribution in [0, 0.1) is 20.8 Å². The zero-order valence-electron chi connectivity index (χ0n) is 12.0. The molecule has 1 atom stereocenters. The number of aliphatic carboxylic acids is 1. The molecule has 0 radical (unpaired) electrons. The molecule has 0 heterocycles. The maximum absolute atomic E-state index is 12.4. The van der Waals surface area contributed by atoms with E-state index in [-0.39, 0.29) is 4.90 Å². The molecule has 21 heavy (non-hydrogen) atoms. The number of nitrogens with one attached hydrogen (secondary N) is 1. The van der Waals surface area contributed by atoms with E-state index in [0.717, 1.165) is 5.56 Å². The van der Waals surface area contributed by atoms with Crippen molar-refractivity contribution < 1.29 is 23.1 Å². The van der Waals surface area contributed by atoms with Gasteiger partial charge in [0.15, 0.2) is 0 Å². The quantitative estimate of drug-likeness (QED) is 0.692. The van der Waals surface area contributed by atoms with Gasteiger partial charge in [-0.3, -0.25) is 9.59 Å². The van der Waals surface area contributed by atoms with Crippen molar-refractivity contribution in [2.45, 2.75) is 38.1 Å². The van der Waals surface area contributed by atoms with Gasteiger partial charge in [-0.1, -0.05) is 17.7 Å². The number of carboxylic acid groups (broad SMARTS) is 1. The highest BCUT2D eigenvalue weighted by atomic mass is 32.2. The zero-order valence-corrected chi connectivity index (χ0v) is 12.8. The number of carbonyl (C=O) groups is 2. The number of benzene rings is 1. The van der Waals surface area contributed by atoms with Crippen LogP contribution in [0.1, 0.15) is 23.1 Å². The van der Waals surface area contributed by atoms with E-state index in [1.807, 2.05) is 11.6 Å². The van der Waals surface area contributed by atoms with Gasteiger partial charge in [-0.2, -0.15) is 4.72 Å². The third kappa shape index (κ3) is 4.27. The molecular formula is C13H18N2O5S. The van der Waals surface area contributed by atoms with Crippen molar-refractivity contribution in [1.82, 2.24) is 4.72 Å². The number of rotatable bonds is 6. The molecule has 0 fully saturated rings. The lowest BCUT2D eigenvalue weighted by atomic mass is 10.1. The molecule has 1 aromatic carbocycles. The number of primary amides is 1. The van der Waals surface area contributed by atoms with Gasteiger partial charge >= 0.3 is 5.97 Å². The standard InChI is InChI=1S/C13H18N2O5S/c1-7-4-8(2)12(9(3)5-7)21(19,20)15-10(13(17)18)6-11(14)16/h4-5,10,15H,6H2,1-3H3,(H2,14,16)(H,17,18)/t10-/m1/s1. The molecule has 1 aromatic rings. The van der Waals surface area contributed by atoms with Gasteiger partial charge in [0, 0.05) is 0 Å². The monoisotopic (exact) mass is 314 g/mol. The molecule has 0 spiro atoms. The highest BCUT2D eigenvalue weighted by Crippen LogP contribution is 2.22. The predicted octanol–water partition coefficient (Wildman–Crippen LogP) is 0.219. The van der Waals surface area contributed by atoms with E-state index in [0.29, 0.717) is 11.1 Å². The van der Waals surface area contributed by atoms with Gasteiger partial charge in [-0.05, 0) is 31.9 Å². The molecular weight excluding hydrogens is 296 g/mol. The Morgan fingerprint density at radius 2 is 1.71 bits per heavy atom. The second kappa shape index (κ2) is 6.23. The number of nitrogens with two attached hydrogens (primary N) is 1. The van der Waals surface area contributed by atoms with Crippen LogP contribution >= 0.6 is 0 Å².